The van der Waals surface area contributed by atoms with Crippen LogP contribution in [0.4, 0.5) is 4.39 Å². The highest BCUT2D eigenvalue weighted by molar-refractivity contribution is 6.30. The summed E-state index contributed by atoms with van der Waals surface area (Å²) in [5.74, 6) is -2.75. The fraction of sp³-hybridized carbons (Fsp3) is 0.333. The predicted octanol–water partition coefficient (Wildman–Crippen LogP) is 3.88. The van der Waals surface area contributed by atoms with Crippen molar-refractivity contribution < 1.29 is 18.6 Å². The van der Waals surface area contributed by atoms with E-state index in [4.69, 9.17) is 16.3 Å². The molecule has 2 atom stereocenters. The number of rotatable bonds is 10. The van der Waals surface area contributed by atoms with Gasteiger partial charge in [0.25, 0.3) is 0 Å². The number of nitrogens with one attached hydrogen (secondary N) is 1. The Kier molecular flexibility index (Phi) is 8.36. The molecule has 0 aliphatic heterocycles. The van der Waals surface area contributed by atoms with E-state index in [0.717, 1.165) is 11.6 Å². The normalized spacial score (nSPS) is 13.2. The van der Waals surface area contributed by atoms with E-state index in [-0.39, 0.29) is 28.7 Å². The van der Waals surface area contributed by atoms with Crippen molar-refractivity contribution in [2.24, 2.45) is 11.8 Å². The molecule has 0 amide bonds. The summed E-state index contributed by atoms with van der Waals surface area (Å²) < 4.78 is 19.3. The highest BCUT2D eigenvalue weighted by Crippen LogP contribution is 2.23. The zero-order chi connectivity index (χ0) is 20.7. The average molecular weight is 403 g/mol. The number of carbonyl (C=O) groups excluding carboxylic acids is 2. The maximum atomic E-state index is 14.4. The van der Waals surface area contributed by atoms with E-state index in [1.54, 1.807) is 0 Å². The minimum Gasteiger partial charge on any atom is -0.427 e. The van der Waals surface area contributed by atoms with E-state index in [1.165, 1.54) is 26.9 Å². The van der Waals surface area contributed by atoms with Crippen molar-refractivity contribution in [1.29, 1.82) is 0 Å². The molecule has 0 aromatic heterocycles. The van der Waals surface area contributed by atoms with Gasteiger partial charge in [-0.2, -0.15) is 0 Å². The number of carbonyl (C=O) groups is 2. The second kappa shape index (κ2) is 10.5. The summed E-state index contributed by atoms with van der Waals surface area (Å²) in [4.78, 5) is 26.4. The smallest absolute Gasteiger partial charge is 0.396 e. The van der Waals surface area contributed by atoms with E-state index in [2.05, 4.69) is 5.23 Å². The second-order valence-electron chi connectivity index (χ2n) is 6.88. The number of benzene rings is 2. The lowest BCUT2D eigenvalue weighted by Gasteiger charge is -2.25. The van der Waals surface area contributed by atoms with Crippen LogP contribution in [0.15, 0.2) is 48.5 Å². The predicted molar refractivity (Wildman–Crippen MR) is 109 cm³/mol. The molecule has 0 heterocycles. The zero-order valence-electron chi connectivity index (χ0n) is 16.1. The molecule has 4 nitrogen and oxygen atoms in total. The van der Waals surface area contributed by atoms with Gasteiger partial charge in [-0.15, -0.1) is 0 Å². The molecule has 1 N–H and O–H groups in total. The molecule has 0 saturated heterocycles. The van der Waals surface area contributed by atoms with Crippen LogP contribution in [0.1, 0.15) is 29.8 Å². The summed E-state index contributed by atoms with van der Waals surface area (Å²) in [5, 5.41) is 3.09. The van der Waals surface area contributed by atoms with Gasteiger partial charge >= 0.3 is 7.62 Å². The van der Waals surface area contributed by atoms with Crippen LogP contribution in [-0.4, -0.2) is 32.3 Å². The Labute approximate surface area is 170 Å². The van der Waals surface area contributed by atoms with E-state index in [0.29, 0.717) is 0 Å². The molecule has 2 unspecified atom stereocenters. The van der Waals surface area contributed by atoms with E-state index >= 15 is 0 Å². The Morgan fingerprint density at radius 3 is 2.43 bits per heavy atom. The molecule has 0 bridgehead atoms. The average Bonchev–Trinajstić information content (AvgIpc) is 2.66. The van der Waals surface area contributed by atoms with Gasteiger partial charge in [-0.25, -0.2) is 4.39 Å². The standard InChI is InChI=1S/C21H23BClFNO3/c1-13(2)19(25-22-28-3)21(27)17(11-14-7-5-4-6-8-14)20(26)16-10-9-15(23)12-18(16)24/h4-10,12-13,17,19,25H,11H2,1-3H3. The van der Waals surface area contributed by atoms with Crippen molar-refractivity contribution >= 4 is 30.8 Å². The number of Topliss-reactive ketones (excluding diaryl/α,β-unsaturated/α-hetero) is 2. The maximum Gasteiger partial charge on any atom is 0.396 e. The van der Waals surface area contributed by atoms with Crippen LogP contribution in [0.5, 0.6) is 0 Å². The first kappa shape index (κ1) is 22.3. The van der Waals surface area contributed by atoms with Crippen LogP contribution >= 0.6 is 11.6 Å². The van der Waals surface area contributed by atoms with Gasteiger partial charge in [0.05, 0.1) is 17.5 Å². The highest BCUT2D eigenvalue weighted by atomic mass is 35.5. The van der Waals surface area contributed by atoms with Gasteiger partial charge in [0.15, 0.2) is 11.6 Å². The summed E-state index contributed by atoms with van der Waals surface area (Å²) in [6.45, 7) is 3.73. The third-order valence-electron chi connectivity index (χ3n) is 4.48. The van der Waals surface area contributed by atoms with Crippen LogP contribution in [0, 0.1) is 17.7 Å². The Morgan fingerprint density at radius 1 is 1.18 bits per heavy atom. The summed E-state index contributed by atoms with van der Waals surface area (Å²) in [7, 11) is 2.78. The van der Waals surface area contributed by atoms with Crippen LogP contribution in [0.3, 0.4) is 0 Å². The highest BCUT2D eigenvalue weighted by Gasteiger charge is 2.35. The van der Waals surface area contributed by atoms with Gasteiger partial charge < -0.3 is 9.88 Å². The molecule has 0 aliphatic rings. The number of halogens is 2. The minimum atomic E-state index is -1.04. The molecular formula is C21H23BClFNO3. The first-order chi connectivity index (χ1) is 13.3. The SMILES string of the molecule is CO[B]NC(C(=O)C(Cc1ccccc1)C(=O)c1ccc(Cl)cc1F)C(C)C. The Bertz CT molecular complexity index is 817. The third-order valence-corrected chi connectivity index (χ3v) is 4.71. The first-order valence-electron chi connectivity index (χ1n) is 9.02. The fourth-order valence-corrected chi connectivity index (χ4v) is 3.17. The first-order valence-corrected chi connectivity index (χ1v) is 9.40. The van der Waals surface area contributed by atoms with Crippen molar-refractivity contribution in [3.63, 3.8) is 0 Å². The van der Waals surface area contributed by atoms with E-state index < -0.39 is 23.6 Å². The summed E-state index contributed by atoms with van der Waals surface area (Å²) in [6.07, 6.45) is 0.179. The monoisotopic (exact) mass is 402 g/mol. The van der Waals surface area contributed by atoms with Gasteiger partial charge in [0.2, 0.25) is 0 Å². The zero-order valence-corrected chi connectivity index (χ0v) is 16.9. The number of hydrogen-bond donors (Lipinski definition) is 1. The van der Waals surface area contributed by atoms with Crippen LogP contribution in [0.25, 0.3) is 0 Å². The molecule has 0 aliphatic carbocycles. The third kappa shape index (κ3) is 5.74. The number of ketones is 2. The topological polar surface area (TPSA) is 55.4 Å². The largest absolute Gasteiger partial charge is 0.427 e. The summed E-state index contributed by atoms with van der Waals surface area (Å²) in [5.41, 5.74) is 0.679. The summed E-state index contributed by atoms with van der Waals surface area (Å²) >= 11 is 5.80. The lowest BCUT2D eigenvalue weighted by Crippen LogP contribution is -2.48. The molecule has 2 aromatic rings. The quantitative estimate of drug-likeness (QED) is 0.372. The van der Waals surface area contributed by atoms with Gasteiger partial charge in [-0.3, -0.25) is 9.59 Å². The molecule has 2 rings (SSSR count). The van der Waals surface area contributed by atoms with Gasteiger partial charge in [-0.05, 0) is 36.1 Å². The minimum absolute atomic E-state index is 0.0972. The Hall–Kier alpha value is -2.02. The van der Waals surface area contributed by atoms with Crippen molar-refractivity contribution in [1.82, 2.24) is 5.23 Å². The van der Waals surface area contributed by atoms with Crippen molar-refractivity contribution in [3.8, 4) is 0 Å². The molecule has 0 fully saturated rings. The van der Waals surface area contributed by atoms with E-state index in [1.807, 2.05) is 44.2 Å². The lowest BCUT2D eigenvalue weighted by atomic mass is 9.81. The second-order valence-corrected chi connectivity index (χ2v) is 7.31. The van der Waals surface area contributed by atoms with Gasteiger partial charge in [0.1, 0.15) is 5.82 Å². The molecular weight excluding hydrogens is 379 g/mol. The number of hydrogen-bond acceptors (Lipinski definition) is 4. The molecule has 7 heteroatoms. The van der Waals surface area contributed by atoms with Crippen molar-refractivity contribution in [3.05, 3.63) is 70.5 Å². The molecule has 2 aromatic carbocycles. The lowest BCUT2D eigenvalue weighted by molar-refractivity contribution is -0.124. The van der Waals surface area contributed by atoms with Gasteiger partial charge in [-0.1, -0.05) is 55.8 Å². The van der Waals surface area contributed by atoms with E-state index in [9.17, 15) is 14.0 Å². The van der Waals surface area contributed by atoms with Crippen LogP contribution < -0.4 is 5.23 Å². The molecule has 147 valence electrons. The van der Waals surface area contributed by atoms with Crippen molar-refractivity contribution in [2.75, 3.05) is 7.11 Å². The Balaban J connectivity index is 2.40. The summed E-state index contributed by atoms with van der Waals surface area (Å²) in [6, 6.07) is 12.4. The molecule has 0 spiro atoms. The molecule has 28 heavy (non-hydrogen) atoms. The molecule has 1 radical (unpaired) electrons. The Morgan fingerprint density at radius 2 is 1.86 bits per heavy atom. The molecule has 0 saturated carbocycles. The van der Waals surface area contributed by atoms with Crippen LogP contribution in [-0.2, 0) is 15.9 Å². The fourth-order valence-electron chi connectivity index (χ4n) is 3.01. The van der Waals surface area contributed by atoms with Gasteiger partial charge in [0, 0.05) is 12.1 Å². The maximum absolute atomic E-state index is 14.4. The van der Waals surface area contributed by atoms with Crippen LogP contribution in [0.2, 0.25) is 5.02 Å². The van der Waals surface area contributed by atoms with Crippen molar-refractivity contribution in [2.45, 2.75) is 26.3 Å².